The van der Waals surface area contributed by atoms with E-state index < -0.39 is 0 Å². The molecule has 1 aliphatic rings. The van der Waals surface area contributed by atoms with Gasteiger partial charge in [0.25, 0.3) is 0 Å². The average molecular weight is 290 g/mol. The summed E-state index contributed by atoms with van der Waals surface area (Å²) in [4.78, 5) is 0. The number of aryl methyl sites for hydroxylation is 1. The first-order valence-electron chi connectivity index (χ1n) is 6.92. The largest absolute Gasteiger partial charge is 0.310 e. The van der Waals surface area contributed by atoms with Gasteiger partial charge in [-0.3, -0.25) is 0 Å². The second kappa shape index (κ2) is 5.55. The van der Waals surface area contributed by atoms with Crippen molar-refractivity contribution in [2.45, 2.75) is 32.4 Å². The summed E-state index contributed by atoms with van der Waals surface area (Å²) in [5, 5.41) is 4.22. The third kappa shape index (κ3) is 3.02. The van der Waals surface area contributed by atoms with Crippen LogP contribution in [0.2, 0.25) is 5.02 Å². The molecule has 0 heterocycles. The van der Waals surface area contributed by atoms with Crippen molar-refractivity contribution in [3.63, 3.8) is 0 Å². The monoisotopic (exact) mass is 289 g/mol. The molecule has 1 nitrogen and oxygen atoms in total. The van der Waals surface area contributed by atoms with Gasteiger partial charge in [0.1, 0.15) is 5.82 Å². The molecular weight excluding hydrogens is 273 g/mol. The van der Waals surface area contributed by atoms with Crippen LogP contribution in [-0.2, 0) is 6.54 Å². The molecule has 3 rings (SSSR count). The van der Waals surface area contributed by atoms with E-state index in [1.807, 2.05) is 19.1 Å². The summed E-state index contributed by atoms with van der Waals surface area (Å²) in [6, 6.07) is 11.4. The molecule has 1 aliphatic carbocycles. The van der Waals surface area contributed by atoms with Gasteiger partial charge in [-0.2, -0.15) is 0 Å². The van der Waals surface area contributed by atoms with Gasteiger partial charge in [0.05, 0.1) is 0 Å². The molecule has 1 N–H and O–H groups in total. The van der Waals surface area contributed by atoms with E-state index in [0.717, 1.165) is 33.8 Å². The molecule has 0 bridgehead atoms. The summed E-state index contributed by atoms with van der Waals surface area (Å²) in [5.74, 6) is -0.210. The molecule has 0 aliphatic heterocycles. The molecule has 2 aromatic carbocycles. The first kappa shape index (κ1) is 13.6. The summed E-state index contributed by atoms with van der Waals surface area (Å²) in [6.45, 7) is 2.76. The van der Waals surface area contributed by atoms with Crippen molar-refractivity contribution in [1.82, 2.24) is 5.32 Å². The van der Waals surface area contributed by atoms with E-state index in [4.69, 9.17) is 11.6 Å². The van der Waals surface area contributed by atoms with Crippen LogP contribution in [0.15, 0.2) is 36.4 Å². The molecular formula is C17H17ClFN. The number of hydrogen-bond donors (Lipinski definition) is 1. The molecule has 0 saturated heterocycles. The van der Waals surface area contributed by atoms with E-state index in [2.05, 4.69) is 11.4 Å². The smallest absolute Gasteiger partial charge is 0.123 e. The van der Waals surface area contributed by atoms with Crippen molar-refractivity contribution in [2.24, 2.45) is 0 Å². The SMILES string of the molecule is Cc1ccc(F)cc1-c1ccc(Cl)c(CNC2CC2)c1. The molecule has 1 fully saturated rings. The van der Waals surface area contributed by atoms with E-state index in [-0.39, 0.29) is 5.82 Å². The molecule has 0 amide bonds. The summed E-state index contributed by atoms with van der Waals surface area (Å²) in [7, 11) is 0. The van der Waals surface area contributed by atoms with Crippen LogP contribution in [0.4, 0.5) is 4.39 Å². The van der Waals surface area contributed by atoms with Gasteiger partial charge >= 0.3 is 0 Å². The highest BCUT2D eigenvalue weighted by atomic mass is 35.5. The number of benzene rings is 2. The highest BCUT2D eigenvalue weighted by molar-refractivity contribution is 6.31. The normalized spacial score (nSPS) is 14.6. The number of hydrogen-bond acceptors (Lipinski definition) is 1. The lowest BCUT2D eigenvalue weighted by Crippen LogP contribution is -2.15. The summed E-state index contributed by atoms with van der Waals surface area (Å²) in [6.07, 6.45) is 2.50. The molecule has 20 heavy (non-hydrogen) atoms. The molecule has 0 unspecified atom stereocenters. The van der Waals surface area contributed by atoms with Crippen LogP contribution in [0.3, 0.4) is 0 Å². The quantitative estimate of drug-likeness (QED) is 0.860. The minimum atomic E-state index is -0.210. The Morgan fingerprint density at radius 3 is 2.75 bits per heavy atom. The first-order valence-corrected chi connectivity index (χ1v) is 7.29. The molecule has 0 aromatic heterocycles. The maximum atomic E-state index is 13.4. The van der Waals surface area contributed by atoms with Crippen LogP contribution in [0.25, 0.3) is 11.1 Å². The van der Waals surface area contributed by atoms with Gasteiger partial charge < -0.3 is 5.32 Å². The predicted molar refractivity (Wildman–Crippen MR) is 81.4 cm³/mol. The highest BCUT2D eigenvalue weighted by Gasteiger charge is 2.20. The van der Waals surface area contributed by atoms with E-state index in [9.17, 15) is 4.39 Å². The van der Waals surface area contributed by atoms with Crippen molar-refractivity contribution in [1.29, 1.82) is 0 Å². The lowest BCUT2D eigenvalue weighted by molar-refractivity contribution is 0.628. The Labute approximate surface area is 123 Å². The summed E-state index contributed by atoms with van der Waals surface area (Å²) in [5.41, 5.74) is 4.07. The molecule has 104 valence electrons. The zero-order valence-electron chi connectivity index (χ0n) is 11.4. The maximum absolute atomic E-state index is 13.4. The standard InChI is InChI=1S/C17H17ClFN/c1-11-2-4-14(19)9-16(11)12-3-7-17(18)13(8-12)10-20-15-5-6-15/h2-4,7-9,15,20H,5-6,10H2,1H3. The third-order valence-electron chi connectivity index (χ3n) is 3.71. The average Bonchev–Trinajstić information content (AvgIpc) is 3.25. The molecule has 2 aromatic rings. The van der Waals surface area contributed by atoms with E-state index >= 15 is 0 Å². The van der Waals surface area contributed by atoms with Crippen molar-refractivity contribution in [2.75, 3.05) is 0 Å². The van der Waals surface area contributed by atoms with Gasteiger partial charge in [-0.05, 0) is 66.3 Å². The van der Waals surface area contributed by atoms with Gasteiger partial charge in [-0.1, -0.05) is 23.7 Å². The van der Waals surface area contributed by atoms with Gasteiger partial charge in [0.15, 0.2) is 0 Å². The number of nitrogens with one attached hydrogen (secondary N) is 1. The van der Waals surface area contributed by atoms with Crippen LogP contribution >= 0.6 is 11.6 Å². The lowest BCUT2D eigenvalue weighted by atomic mass is 9.98. The van der Waals surface area contributed by atoms with Crippen molar-refractivity contribution < 1.29 is 4.39 Å². The van der Waals surface area contributed by atoms with E-state index in [1.54, 1.807) is 12.1 Å². The third-order valence-corrected chi connectivity index (χ3v) is 4.08. The van der Waals surface area contributed by atoms with Crippen LogP contribution in [0.1, 0.15) is 24.0 Å². The van der Waals surface area contributed by atoms with Gasteiger partial charge in [0, 0.05) is 17.6 Å². The molecule has 0 spiro atoms. The van der Waals surface area contributed by atoms with Crippen LogP contribution in [-0.4, -0.2) is 6.04 Å². The van der Waals surface area contributed by atoms with Crippen LogP contribution in [0.5, 0.6) is 0 Å². The Bertz CT molecular complexity index is 635. The minimum absolute atomic E-state index is 0.210. The van der Waals surface area contributed by atoms with Crippen molar-refractivity contribution in [3.8, 4) is 11.1 Å². The predicted octanol–water partition coefficient (Wildman–Crippen LogP) is 4.71. The molecule has 0 atom stereocenters. The fourth-order valence-electron chi connectivity index (χ4n) is 2.32. The Morgan fingerprint density at radius 2 is 2.00 bits per heavy atom. The van der Waals surface area contributed by atoms with Crippen molar-refractivity contribution in [3.05, 3.63) is 58.4 Å². The number of rotatable bonds is 4. The second-order valence-electron chi connectivity index (χ2n) is 5.42. The van der Waals surface area contributed by atoms with Crippen molar-refractivity contribution >= 4 is 11.6 Å². The lowest BCUT2D eigenvalue weighted by Gasteiger charge is -2.11. The fraction of sp³-hybridized carbons (Fsp3) is 0.294. The zero-order chi connectivity index (χ0) is 14.1. The highest BCUT2D eigenvalue weighted by Crippen LogP contribution is 2.29. The summed E-state index contributed by atoms with van der Waals surface area (Å²) < 4.78 is 13.4. The summed E-state index contributed by atoms with van der Waals surface area (Å²) >= 11 is 6.24. The van der Waals surface area contributed by atoms with E-state index in [0.29, 0.717) is 6.04 Å². The Kier molecular flexibility index (Phi) is 3.77. The Balaban J connectivity index is 1.92. The second-order valence-corrected chi connectivity index (χ2v) is 5.83. The minimum Gasteiger partial charge on any atom is -0.310 e. The first-order chi connectivity index (χ1) is 9.63. The zero-order valence-corrected chi connectivity index (χ0v) is 12.2. The maximum Gasteiger partial charge on any atom is 0.123 e. The van der Waals surface area contributed by atoms with Crippen LogP contribution < -0.4 is 5.32 Å². The van der Waals surface area contributed by atoms with Gasteiger partial charge in [0.2, 0.25) is 0 Å². The van der Waals surface area contributed by atoms with Gasteiger partial charge in [-0.15, -0.1) is 0 Å². The topological polar surface area (TPSA) is 12.0 Å². The van der Waals surface area contributed by atoms with Crippen LogP contribution in [0, 0.1) is 12.7 Å². The number of halogens is 2. The molecule has 1 saturated carbocycles. The van der Waals surface area contributed by atoms with E-state index in [1.165, 1.54) is 18.9 Å². The van der Waals surface area contributed by atoms with Gasteiger partial charge in [-0.25, -0.2) is 4.39 Å². The Morgan fingerprint density at radius 1 is 1.20 bits per heavy atom. The molecule has 0 radical (unpaired) electrons. The molecule has 3 heteroatoms. The fourth-order valence-corrected chi connectivity index (χ4v) is 2.51. The Hall–Kier alpha value is -1.38.